The van der Waals surface area contributed by atoms with Gasteiger partial charge in [0.15, 0.2) is 0 Å². The molecule has 2 unspecified atom stereocenters. The summed E-state index contributed by atoms with van der Waals surface area (Å²) in [7, 11) is 0. The van der Waals surface area contributed by atoms with Crippen LogP contribution in [0.3, 0.4) is 0 Å². The first-order valence-corrected chi connectivity index (χ1v) is 20.8. The predicted molar refractivity (Wildman–Crippen MR) is 257 cm³/mol. The molecule has 60 heavy (non-hydrogen) atoms. The van der Waals surface area contributed by atoms with E-state index in [1.54, 1.807) is 0 Å². The Labute approximate surface area is 349 Å². The van der Waals surface area contributed by atoms with Gasteiger partial charge in [0.2, 0.25) is 0 Å². The summed E-state index contributed by atoms with van der Waals surface area (Å²) in [6.45, 7) is 0. The zero-order chi connectivity index (χ0) is 40.0. The molecule has 0 aliphatic heterocycles. The lowest BCUT2D eigenvalue weighted by Gasteiger charge is -2.22. The molecular weight excluding hydrogens is 725 g/mol. The largest absolute Gasteiger partial charge is 0.312 e. The molecule has 2 atom stereocenters. The Morgan fingerprint density at radius 2 is 0.900 bits per heavy atom. The summed E-state index contributed by atoms with van der Waals surface area (Å²) in [5, 5.41) is 18.9. The minimum Gasteiger partial charge on any atom is -0.312 e. The van der Waals surface area contributed by atoms with Gasteiger partial charge >= 0.3 is 0 Å². The molecule has 0 fully saturated rings. The summed E-state index contributed by atoms with van der Waals surface area (Å²) >= 11 is 0. The number of nitrogens with one attached hydrogen (secondary N) is 1. The zero-order valence-corrected chi connectivity index (χ0v) is 33.1. The highest BCUT2D eigenvalue weighted by molar-refractivity contribution is 6.20. The maximum Gasteiger partial charge on any atom is 0.0817 e. The van der Waals surface area contributed by atoms with Crippen molar-refractivity contribution in [1.82, 2.24) is 5.32 Å². The van der Waals surface area contributed by atoms with Gasteiger partial charge in [0.05, 0.1) is 12.2 Å². The molecule has 0 bridgehead atoms. The van der Waals surface area contributed by atoms with Gasteiger partial charge in [-0.05, 0) is 128 Å². The van der Waals surface area contributed by atoms with E-state index in [2.05, 4.69) is 212 Å². The van der Waals surface area contributed by atoms with E-state index in [-0.39, 0.29) is 12.2 Å². The third-order valence-corrected chi connectivity index (χ3v) is 12.3. The summed E-state index contributed by atoms with van der Waals surface area (Å²) < 4.78 is 0. The minimum atomic E-state index is -0.350. The Morgan fingerprint density at radius 1 is 0.350 bits per heavy atom. The van der Waals surface area contributed by atoms with Crippen molar-refractivity contribution < 1.29 is 0 Å². The van der Waals surface area contributed by atoms with Crippen molar-refractivity contribution in [2.24, 2.45) is 5.73 Å². The Kier molecular flexibility index (Phi) is 9.01. The maximum absolute atomic E-state index is 6.86. The van der Waals surface area contributed by atoms with E-state index in [4.69, 9.17) is 5.73 Å². The second kappa shape index (κ2) is 15.1. The van der Waals surface area contributed by atoms with E-state index in [0.717, 1.165) is 16.7 Å². The van der Waals surface area contributed by atoms with Crippen LogP contribution in [0.4, 0.5) is 0 Å². The lowest BCUT2D eigenvalue weighted by Crippen LogP contribution is -2.31. The van der Waals surface area contributed by atoms with Crippen molar-refractivity contribution in [2.75, 3.05) is 0 Å². The van der Waals surface area contributed by atoms with Crippen LogP contribution in [0.2, 0.25) is 0 Å². The highest BCUT2D eigenvalue weighted by atomic mass is 15.0. The summed E-state index contributed by atoms with van der Waals surface area (Å²) in [5.74, 6) is 0. The van der Waals surface area contributed by atoms with Gasteiger partial charge in [-0.1, -0.05) is 200 Å². The average Bonchev–Trinajstić information content (AvgIpc) is 3.32. The topological polar surface area (TPSA) is 38.0 Å². The van der Waals surface area contributed by atoms with Crippen LogP contribution in [0, 0.1) is 0 Å². The van der Waals surface area contributed by atoms with Crippen molar-refractivity contribution in [3.8, 4) is 22.3 Å². The van der Waals surface area contributed by atoms with Crippen LogP contribution in [0.5, 0.6) is 0 Å². The van der Waals surface area contributed by atoms with Gasteiger partial charge in [-0.15, -0.1) is 0 Å². The van der Waals surface area contributed by atoms with E-state index in [0.29, 0.717) is 0 Å². The molecule has 11 aromatic rings. The quantitative estimate of drug-likeness (QED) is 0.0918. The van der Waals surface area contributed by atoms with E-state index in [1.165, 1.54) is 86.9 Å². The van der Waals surface area contributed by atoms with Crippen LogP contribution in [-0.2, 0) is 0 Å². The first-order chi connectivity index (χ1) is 29.6. The van der Waals surface area contributed by atoms with Crippen LogP contribution in [0.15, 0.2) is 218 Å². The maximum atomic E-state index is 6.86. The molecule has 2 heteroatoms. The second-order valence-corrected chi connectivity index (χ2v) is 15.9. The van der Waals surface area contributed by atoms with Crippen LogP contribution < -0.4 is 11.1 Å². The van der Waals surface area contributed by atoms with Crippen LogP contribution >= 0.6 is 0 Å². The summed E-state index contributed by atoms with van der Waals surface area (Å²) in [6, 6.07) is 76.8. The number of nitrogens with two attached hydrogens (primary N) is 1. The van der Waals surface area contributed by atoms with E-state index in [9.17, 15) is 0 Å². The molecule has 2 nitrogen and oxygen atoms in total. The summed E-state index contributed by atoms with van der Waals surface area (Å²) in [5.41, 5.74) is 15.0. The molecule has 0 radical (unpaired) electrons. The number of rotatable bonds is 8. The molecule has 0 aliphatic carbocycles. The van der Waals surface area contributed by atoms with Gasteiger partial charge in [-0.3, -0.25) is 5.32 Å². The standard InChI is InChI=1S/C58H42N2/c59-58(41-15-2-1-3-16-41)60-56(46-28-29-50-45(36-46)27-31-52-48-21-7-4-13-39(48)25-30-53(50)52)33-24-38-12-10-18-42(34-38)43-19-11-20-47(35-43)57-51-23-9-6-17-44(51)37-55-49-22-8-5-14-40(49)26-32-54(55)57/h1-37,56,58,60H,59H2/b33-24+. The van der Waals surface area contributed by atoms with Gasteiger partial charge in [0, 0.05) is 0 Å². The molecule has 0 aliphatic rings. The SMILES string of the molecule is NC(NC(/C=C/c1cccc(-c2cccc(-c3c4ccccc4cc4c3ccc3ccccc34)c2)c1)c1ccc2c(ccc3c4ccccc4ccc23)c1)c1ccccc1. The molecule has 3 N–H and O–H groups in total. The Morgan fingerprint density at radius 3 is 1.67 bits per heavy atom. The third-order valence-electron chi connectivity index (χ3n) is 12.3. The molecule has 11 rings (SSSR count). The van der Waals surface area contributed by atoms with Gasteiger partial charge in [-0.25, -0.2) is 0 Å². The highest BCUT2D eigenvalue weighted by Gasteiger charge is 2.16. The molecule has 0 aromatic heterocycles. The van der Waals surface area contributed by atoms with E-state index < -0.39 is 0 Å². The minimum absolute atomic E-state index is 0.139. The van der Waals surface area contributed by atoms with Crippen molar-refractivity contribution in [3.63, 3.8) is 0 Å². The normalized spacial score (nSPS) is 12.9. The number of fused-ring (bicyclic) bond motifs is 9. The number of hydrogen-bond donors (Lipinski definition) is 2. The van der Waals surface area contributed by atoms with Crippen molar-refractivity contribution in [3.05, 3.63) is 235 Å². The first-order valence-electron chi connectivity index (χ1n) is 20.8. The van der Waals surface area contributed by atoms with Crippen molar-refractivity contribution >= 4 is 70.7 Å². The molecule has 0 heterocycles. The summed E-state index contributed by atoms with van der Waals surface area (Å²) in [4.78, 5) is 0. The lowest BCUT2D eigenvalue weighted by molar-refractivity contribution is 0.509. The van der Waals surface area contributed by atoms with E-state index >= 15 is 0 Å². The Bertz CT molecular complexity index is 3440. The monoisotopic (exact) mass is 766 g/mol. The number of hydrogen-bond acceptors (Lipinski definition) is 2. The molecular formula is C58H42N2. The zero-order valence-electron chi connectivity index (χ0n) is 33.1. The first kappa shape index (κ1) is 35.8. The number of benzene rings is 11. The highest BCUT2D eigenvalue weighted by Crippen LogP contribution is 2.41. The smallest absolute Gasteiger partial charge is 0.0817 e. The molecule has 0 saturated heterocycles. The third kappa shape index (κ3) is 6.49. The Hall–Kier alpha value is -7.36. The molecule has 0 spiro atoms. The molecule has 284 valence electrons. The van der Waals surface area contributed by atoms with Crippen LogP contribution in [-0.4, -0.2) is 0 Å². The predicted octanol–water partition coefficient (Wildman–Crippen LogP) is 14.9. The average molecular weight is 767 g/mol. The molecule has 11 aromatic carbocycles. The lowest BCUT2D eigenvalue weighted by atomic mass is 9.88. The fraction of sp³-hybridized carbons (Fsp3) is 0.0345. The van der Waals surface area contributed by atoms with Crippen LogP contribution in [0.25, 0.3) is 93.0 Å². The van der Waals surface area contributed by atoms with Crippen molar-refractivity contribution in [2.45, 2.75) is 12.2 Å². The van der Waals surface area contributed by atoms with Gasteiger partial charge < -0.3 is 5.73 Å². The van der Waals surface area contributed by atoms with Gasteiger partial charge in [0.1, 0.15) is 0 Å². The van der Waals surface area contributed by atoms with E-state index in [1.807, 2.05) is 18.2 Å². The van der Waals surface area contributed by atoms with Gasteiger partial charge in [0.25, 0.3) is 0 Å². The molecule has 0 saturated carbocycles. The Balaban J connectivity index is 0.964. The fourth-order valence-corrected chi connectivity index (χ4v) is 9.27. The van der Waals surface area contributed by atoms with Crippen molar-refractivity contribution in [1.29, 1.82) is 0 Å². The summed E-state index contributed by atoms with van der Waals surface area (Å²) in [6.07, 6.45) is 4.13. The second-order valence-electron chi connectivity index (χ2n) is 15.9. The van der Waals surface area contributed by atoms with Gasteiger partial charge in [-0.2, -0.15) is 0 Å². The van der Waals surface area contributed by atoms with Crippen LogP contribution in [0.1, 0.15) is 28.9 Å². The fourth-order valence-electron chi connectivity index (χ4n) is 9.27. The molecule has 0 amide bonds.